The Kier molecular flexibility index (Phi) is 5.90. The van der Waals surface area contributed by atoms with Gasteiger partial charge >= 0.3 is 7.12 Å². The molecule has 0 atom stereocenters. The first-order chi connectivity index (χ1) is 8.04. The van der Waals surface area contributed by atoms with Crippen molar-refractivity contribution in [2.24, 2.45) is 0 Å². The van der Waals surface area contributed by atoms with Crippen molar-refractivity contribution < 1.29 is 14.8 Å². The number of anilines is 1. The van der Waals surface area contributed by atoms with Crippen LogP contribution in [0.4, 0.5) is 5.69 Å². The summed E-state index contributed by atoms with van der Waals surface area (Å²) in [6.07, 6.45) is 0. The van der Waals surface area contributed by atoms with E-state index in [4.69, 9.17) is 10.4 Å². The van der Waals surface area contributed by atoms with Crippen LogP contribution in [0.3, 0.4) is 0 Å². The highest BCUT2D eigenvalue weighted by atomic mass is 35.5. The van der Waals surface area contributed by atoms with Crippen molar-refractivity contribution in [2.45, 2.75) is 45.8 Å². The molecule has 6 heteroatoms. The minimum atomic E-state index is -1.12. The van der Waals surface area contributed by atoms with E-state index in [-0.39, 0.29) is 12.4 Å². The van der Waals surface area contributed by atoms with E-state index in [2.05, 4.69) is 0 Å². The summed E-state index contributed by atoms with van der Waals surface area (Å²) in [5.41, 5.74) is 5.98. The van der Waals surface area contributed by atoms with Gasteiger partial charge in [-0.3, -0.25) is 0 Å². The van der Waals surface area contributed by atoms with E-state index in [0.717, 1.165) is 5.56 Å². The van der Waals surface area contributed by atoms with Gasteiger partial charge in [0.2, 0.25) is 0 Å². The molecule has 0 aliphatic heterocycles. The standard InChI is InChI=1S/C13H22BNO3.ClH/c1-9-6-7-10(8-11(9)15)14(17)18-13(4,5)12(2,3)16;/h6-8,16-17H,15H2,1-5H3;1H. The van der Waals surface area contributed by atoms with E-state index in [1.807, 2.05) is 13.0 Å². The first-order valence-corrected chi connectivity index (χ1v) is 5.99. The van der Waals surface area contributed by atoms with Crippen LogP contribution in [-0.4, -0.2) is 28.5 Å². The smallest absolute Gasteiger partial charge is 0.423 e. The number of nitrogen functional groups attached to an aromatic ring is 1. The average Bonchev–Trinajstić information content (AvgIpc) is 2.19. The molecular formula is C13H23BClNO3. The van der Waals surface area contributed by atoms with Gasteiger partial charge in [-0.1, -0.05) is 12.1 Å². The molecule has 0 bridgehead atoms. The minimum Gasteiger partial charge on any atom is -0.423 e. The maximum absolute atomic E-state index is 10.0. The molecule has 1 rings (SSSR count). The number of aryl methyl sites for hydroxylation is 1. The van der Waals surface area contributed by atoms with Gasteiger partial charge in [0.05, 0.1) is 11.2 Å². The fourth-order valence-corrected chi connectivity index (χ4v) is 1.30. The zero-order valence-electron chi connectivity index (χ0n) is 12.1. The lowest BCUT2D eigenvalue weighted by atomic mass is 9.76. The Morgan fingerprint density at radius 2 is 1.74 bits per heavy atom. The third-order valence-electron chi connectivity index (χ3n) is 3.47. The summed E-state index contributed by atoms with van der Waals surface area (Å²) in [6.45, 7) is 8.64. The summed E-state index contributed by atoms with van der Waals surface area (Å²) in [7, 11) is -1.12. The van der Waals surface area contributed by atoms with Crippen molar-refractivity contribution in [3.05, 3.63) is 23.8 Å². The van der Waals surface area contributed by atoms with Crippen LogP contribution in [0.15, 0.2) is 18.2 Å². The first-order valence-electron chi connectivity index (χ1n) is 5.99. The van der Waals surface area contributed by atoms with Crippen LogP contribution in [0.2, 0.25) is 0 Å². The van der Waals surface area contributed by atoms with Crippen LogP contribution in [-0.2, 0) is 4.65 Å². The number of hydrogen-bond acceptors (Lipinski definition) is 4. The second kappa shape index (κ2) is 6.14. The summed E-state index contributed by atoms with van der Waals surface area (Å²) >= 11 is 0. The Bertz CT molecular complexity index is 432. The Hall–Kier alpha value is -0.745. The van der Waals surface area contributed by atoms with Crippen LogP contribution in [0.25, 0.3) is 0 Å². The van der Waals surface area contributed by atoms with E-state index in [0.29, 0.717) is 11.2 Å². The van der Waals surface area contributed by atoms with Gasteiger partial charge in [-0.2, -0.15) is 0 Å². The van der Waals surface area contributed by atoms with Crippen molar-refractivity contribution in [3.63, 3.8) is 0 Å². The molecule has 4 N–H and O–H groups in total. The van der Waals surface area contributed by atoms with E-state index in [1.54, 1.807) is 39.8 Å². The third-order valence-corrected chi connectivity index (χ3v) is 3.47. The molecule has 19 heavy (non-hydrogen) atoms. The minimum absolute atomic E-state index is 0. The largest absolute Gasteiger partial charge is 0.491 e. The molecule has 0 aliphatic rings. The summed E-state index contributed by atoms with van der Waals surface area (Å²) in [4.78, 5) is 0. The Morgan fingerprint density at radius 1 is 1.21 bits per heavy atom. The van der Waals surface area contributed by atoms with Crippen LogP contribution in [0.1, 0.15) is 33.3 Å². The number of rotatable bonds is 4. The molecule has 0 saturated carbocycles. The maximum Gasteiger partial charge on any atom is 0.491 e. The molecule has 108 valence electrons. The number of nitrogens with two attached hydrogens (primary N) is 1. The highest BCUT2D eigenvalue weighted by Gasteiger charge is 2.39. The molecule has 1 aromatic rings. The third kappa shape index (κ3) is 4.39. The van der Waals surface area contributed by atoms with Gasteiger partial charge in [0.25, 0.3) is 0 Å². The van der Waals surface area contributed by atoms with Crippen molar-refractivity contribution in [1.29, 1.82) is 0 Å². The highest BCUT2D eigenvalue weighted by Crippen LogP contribution is 2.25. The van der Waals surface area contributed by atoms with E-state index < -0.39 is 18.3 Å². The lowest BCUT2D eigenvalue weighted by molar-refractivity contribution is -0.0982. The highest BCUT2D eigenvalue weighted by molar-refractivity contribution is 6.60. The number of hydrogen-bond donors (Lipinski definition) is 3. The van der Waals surface area contributed by atoms with E-state index >= 15 is 0 Å². The molecule has 0 amide bonds. The number of halogens is 1. The molecule has 4 nitrogen and oxygen atoms in total. The second-order valence-electron chi connectivity index (χ2n) is 5.66. The fourth-order valence-electron chi connectivity index (χ4n) is 1.30. The van der Waals surface area contributed by atoms with Crippen LogP contribution in [0, 0.1) is 6.92 Å². The summed E-state index contributed by atoms with van der Waals surface area (Å²) in [5.74, 6) is 0. The monoisotopic (exact) mass is 287 g/mol. The Balaban J connectivity index is 0.00000324. The second-order valence-corrected chi connectivity index (χ2v) is 5.66. The summed E-state index contributed by atoms with van der Waals surface area (Å²) in [5, 5.41) is 20.0. The van der Waals surface area contributed by atoms with Gasteiger partial charge in [-0.25, -0.2) is 0 Å². The predicted octanol–water partition coefficient (Wildman–Crippen LogP) is 1.25. The normalized spacial score (nSPS) is 11.9. The Morgan fingerprint density at radius 3 is 2.16 bits per heavy atom. The molecule has 0 spiro atoms. The molecule has 0 fully saturated rings. The van der Waals surface area contributed by atoms with Crippen LogP contribution >= 0.6 is 12.4 Å². The zero-order chi connectivity index (χ0) is 14.1. The quantitative estimate of drug-likeness (QED) is 0.575. The Labute approximate surface area is 121 Å². The van der Waals surface area contributed by atoms with Crippen LogP contribution < -0.4 is 11.2 Å². The lowest BCUT2D eigenvalue weighted by Gasteiger charge is -2.38. The van der Waals surface area contributed by atoms with Gasteiger partial charge in [0.1, 0.15) is 0 Å². The van der Waals surface area contributed by atoms with Gasteiger partial charge in [-0.05, 0) is 51.7 Å². The van der Waals surface area contributed by atoms with Gasteiger partial charge in [0.15, 0.2) is 0 Å². The topological polar surface area (TPSA) is 75.7 Å². The number of benzene rings is 1. The fraction of sp³-hybridized carbons (Fsp3) is 0.538. The van der Waals surface area contributed by atoms with Gasteiger partial charge < -0.3 is 20.5 Å². The average molecular weight is 288 g/mol. The molecule has 0 saturated heterocycles. The molecule has 0 aliphatic carbocycles. The van der Waals surface area contributed by atoms with Crippen LogP contribution in [0.5, 0.6) is 0 Å². The zero-order valence-corrected chi connectivity index (χ0v) is 12.9. The maximum atomic E-state index is 10.0. The summed E-state index contributed by atoms with van der Waals surface area (Å²) < 4.78 is 5.53. The molecular weight excluding hydrogens is 264 g/mol. The molecule has 1 aromatic carbocycles. The molecule has 0 aromatic heterocycles. The van der Waals surface area contributed by atoms with Crippen molar-refractivity contribution in [1.82, 2.24) is 0 Å². The molecule has 0 unspecified atom stereocenters. The van der Waals surface area contributed by atoms with Gasteiger partial charge in [0, 0.05) is 5.69 Å². The van der Waals surface area contributed by atoms with Gasteiger partial charge in [-0.15, -0.1) is 12.4 Å². The molecule has 0 heterocycles. The lowest BCUT2D eigenvalue weighted by Crippen LogP contribution is -2.53. The van der Waals surface area contributed by atoms with Crippen molar-refractivity contribution in [2.75, 3.05) is 5.73 Å². The molecule has 0 radical (unpaired) electrons. The van der Waals surface area contributed by atoms with Crippen molar-refractivity contribution in [3.8, 4) is 0 Å². The van der Waals surface area contributed by atoms with E-state index in [9.17, 15) is 10.1 Å². The first kappa shape index (κ1) is 18.3. The predicted molar refractivity (Wildman–Crippen MR) is 81.9 cm³/mol. The summed E-state index contributed by atoms with van der Waals surface area (Å²) in [6, 6.07) is 5.27. The van der Waals surface area contributed by atoms with Crippen molar-refractivity contribution >= 4 is 30.7 Å². The van der Waals surface area contributed by atoms with E-state index in [1.165, 1.54) is 0 Å². The number of aliphatic hydroxyl groups is 1. The SMILES string of the molecule is Cc1ccc(B(O)OC(C)(C)C(C)(C)O)cc1N.Cl.